The third-order valence-electron chi connectivity index (χ3n) is 3.55. The monoisotopic (exact) mass is 401 g/mol. The summed E-state index contributed by atoms with van der Waals surface area (Å²) in [7, 11) is 0. The van der Waals surface area contributed by atoms with Gasteiger partial charge in [-0.05, 0) is 48.2 Å². The molecule has 0 aliphatic heterocycles. The molecular weight excluding hydrogens is 386 g/mol. The van der Waals surface area contributed by atoms with E-state index in [-0.39, 0.29) is 5.91 Å². The minimum atomic E-state index is -0.132. The highest BCUT2D eigenvalue weighted by Gasteiger charge is 2.09. The standard InChI is InChI=1S/C18H16BrN3OS/c1-24-17-8-2-13(3-9-17)10-20-18(23)14-11-21-22(12-14)16-6-4-15(19)5-7-16/h2-9,11-12H,10H2,1H3,(H,20,23). The largest absolute Gasteiger partial charge is 0.348 e. The van der Waals surface area contributed by atoms with Gasteiger partial charge in [-0.2, -0.15) is 5.10 Å². The minimum absolute atomic E-state index is 0.132. The van der Waals surface area contributed by atoms with E-state index in [1.165, 1.54) is 4.90 Å². The molecule has 1 N–H and O–H groups in total. The fourth-order valence-corrected chi connectivity index (χ4v) is 2.88. The Kier molecular flexibility index (Phi) is 5.37. The molecule has 0 fully saturated rings. The molecule has 6 heteroatoms. The first-order valence-electron chi connectivity index (χ1n) is 7.37. The zero-order valence-corrected chi connectivity index (χ0v) is 15.5. The van der Waals surface area contributed by atoms with Crippen LogP contribution in [0.3, 0.4) is 0 Å². The van der Waals surface area contributed by atoms with Crippen LogP contribution in [-0.2, 0) is 6.54 Å². The Morgan fingerprint density at radius 1 is 1.17 bits per heavy atom. The summed E-state index contributed by atoms with van der Waals surface area (Å²) in [6.45, 7) is 0.497. The number of nitrogens with one attached hydrogen (secondary N) is 1. The average molecular weight is 402 g/mol. The van der Waals surface area contributed by atoms with Crippen molar-refractivity contribution < 1.29 is 4.79 Å². The Labute approximate surface area is 153 Å². The lowest BCUT2D eigenvalue weighted by Crippen LogP contribution is -2.22. The molecule has 122 valence electrons. The summed E-state index contributed by atoms with van der Waals surface area (Å²) in [5.74, 6) is -0.132. The van der Waals surface area contributed by atoms with Crippen LogP contribution in [0.5, 0.6) is 0 Å². The lowest BCUT2D eigenvalue weighted by Gasteiger charge is -2.05. The molecule has 1 heterocycles. The highest BCUT2D eigenvalue weighted by molar-refractivity contribution is 9.10. The molecule has 0 aliphatic rings. The third-order valence-corrected chi connectivity index (χ3v) is 4.82. The van der Waals surface area contributed by atoms with Crippen molar-refractivity contribution in [2.24, 2.45) is 0 Å². The van der Waals surface area contributed by atoms with Crippen LogP contribution in [0.4, 0.5) is 0 Å². The van der Waals surface area contributed by atoms with Gasteiger partial charge in [0.1, 0.15) is 0 Å². The van der Waals surface area contributed by atoms with Crippen LogP contribution in [-0.4, -0.2) is 21.9 Å². The topological polar surface area (TPSA) is 46.9 Å². The molecule has 1 amide bonds. The van der Waals surface area contributed by atoms with E-state index in [0.29, 0.717) is 12.1 Å². The van der Waals surface area contributed by atoms with E-state index >= 15 is 0 Å². The Bertz CT molecular complexity index is 828. The van der Waals surface area contributed by atoms with Crippen molar-refractivity contribution in [1.29, 1.82) is 0 Å². The number of hydrogen-bond acceptors (Lipinski definition) is 3. The fourth-order valence-electron chi connectivity index (χ4n) is 2.20. The summed E-state index contributed by atoms with van der Waals surface area (Å²) >= 11 is 5.10. The minimum Gasteiger partial charge on any atom is -0.348 e. The summed E-state index contributed by atoms with van der Waals surface area (Å²) in [5, 5.41) is 7.17. The maximum absolute atomic E-state index is 12.3. The van der Waals surface area contributed by atoms with Gasteiger partial charge in [-0.25, -0.2) is 4.68 Å². The summed E-state index contributed by atoms with van der Waals surface area (Å²) in [4.78, 5) is 13.5. The zero-order chi connectivity index (χ0) is 16.9. The van der Waals surface area contributed by atoms with Crippen molar-refractivity contribution in [3.05, 3.63) is 76.5 Å². The maximum atomic E-state index is 12.3. The molecular formula is C18H16BrN3OS. The highest BCUT2D eigenvalue weighted by Crippen LogP contribution is 2.15. The van der Waals surface area contributed by atoms with Crippen LogP contribution in [0, 0.1) is 0 Å². The van der Waals surface area contributed by atoms with Crippen molar-refractivity contribution in [2.75, 3.05) is 6.26 Å². The Balaban J connectivity index is 1.64. The quantitative estimate of drug-likeness (QED) is 0.648. The van der Waals surface area contributed by atoms with E-state index < -0.39 is 0 Å². The van der Waals surface area contributed by atoms with Crippen LogP contribution in [0.25, 0.3) is 5.69 Å². The average Bonchev–Trinajstić information content (AvgIpc) is 3.11. The molecule has 0 aliphatic carbocycles. The highest BCUT2D eigenvalue weighted by atomic mass is 79.9. The molecule has 0 atom stereocenters. The normalized spacial score (nSPS) is 10.6. The van der Waals surface area contributed by atoms with E-state index in [4.69, 9.17) is 0 Å². The van der Waals surface area contributed by atoms with Crippen molar-refractivity contribution >= 4 is 33.6 Å². The number of nitrogens with zero attached hydrogens (tertiary/aromatic N) is 2. The van der Waals surface area contributed by atoms with Gasteiger partial charge < -0.3 is 5.32 Å². The number of hydrogen-bond donors (Lipinski definition) is 1. The van der Waals surface area contributed by atoms with Gasteiger partial charge in [-0.3, -0.25) is 4.79 Å². The Morgan fingerprint density at radius 2 is 1.88 bits per heavy atom. The summed E-state index contributed by atoms with van der Waals surface area (Å²) in [5.41, 5.74) is 2.52. The first-order chi connectivity index (χ1) is 11.7. The number of aromatic nitrogens is 2. The van der Waals surface area contributed by atoms with E-state index in [9.17, 15) is 4.79 Å². The second-order valence-corrected chi connectivity index (χ2v) is 6.98. The Hall–Kier alpha value is -2.05. The summed E-state index contributed by atoms with van der Waals surface area (Å²) in [6, 6.07) is 15.9. The molecule has 3 rings (SSSR count). The second kappa shape index (κ2) is 7.68. The van der Waals surface area contributed by atoms with Gasteiger partial charge in [0, 0.05) is 22.1 Å². The van der Waals surface area contributed by atoms with E-state index in [0.717, 1.165) is 15.7 Å². The van der Waals surface area contributed by atoms with Gasteiger partial charge in [0.25, 0.3) is 5.91 Å². The van der Waals surface area contributed by atoms with Gasteiger partial charge in [-0.1, -0.05) is 28.1 Å². The number of thioether (sulfide) groups is 1. The molecule has 0 radical (unpaired) electrons. The van der Waals surface area contributed by atoms with E-state index in [2.05, 4.69) is 38.5 Å². The smallest absolute Gasteiger partial charge is 0.254 e. The van der Waals surface area contributed by atoms with Gasteiger partial charge in [0.15, 0.2) is 0 Å². The van der Waals surface area contributed by atoms with Gasteiger partial charge in [0.2, 0.25) is 0 Å². The molecule has 1 aromatic heterocycles. The van der Waals surface area contributed by atoms with Crippen LogP contribution in [0.15, 0.2) is 70.3 Å². The fraction of sp³-hybridized carbons (Fsp3) is 0.111. The van der Waals surface area contributed by atoms with Gasteiger partial charge in [-0.15, -0.1) is 11.8 Å². The van der Waals surface area contributed by atoms with Gasteiger partial charge >= 0.3 is 0 Å². The van der Waals surface area contributed by atoms with E-state index in [1.807, 2.05) is 42.7 Å². The number of carbonyl (C=O) groups excluding carboxylic acids is 1. The van der Waals surface area contributed by atoms with Crippen molar-refractivity contribution in [2.45, 2.75) is 11.4 Å². The van der Waals surface area contributed by atoms with Crippen LogP contribution in [0.1, 0.15) is 15.9 Å². The molecule has 0 unspecified atom stereocenters. The number of amides is 1. The zero-order valence-electron chi connectivity index (χ0n) is 13.1. The van der Waals surface area contributed by atoms with Crippen LogP contribution in [0.2, 0.25) is 0 Å². The number of carbonyl (C=O) groups is 1. The summed E-state index contributed by atoms with van der Waals surface area (Å²) in [6.07, 6.45) is 5.35. The molecule has 0 saturated carbocycles. The second-order valence-electron chi connectivity index (χ2n) is 5.18. The molecule has 0 saturated heterocycles. The maximum Gasteiger partial charge on any atom is 0.254 e. The Morgan fingerprint density at radius 3 is 2.54 bits per heavy atom. The van der Waals surface area contributed by atoms with E-state index in [1.54, 1.807) is 28.8 Å². The summed E-state index contributed by atoms with van der Waals surface area (Å²) < 4.78 is 2.69. The number of rotatable bonds is 5. The molecule has 3 aromatic rings. The molecule has 4 nitrogen and oxygen atoms in total. The predicted octanol–water partition coefficient (Wildman–Crippen LogP) is 4.29. The van der Waals surface area contributed by atoms with Crippen molar-refractivity contribution in [3.63, 3.8) is 0 Å². The van der Waals surface area contributed by atoms with Crippen molar-refractivity contribution in [1.82, 2.24) is 15.1 Å². The van der Waals surface area contributed by atoms with Crippen LogP contribution >= 0.6 is 27.7 Å². The first kappa shape index (κ1) is 16.8. The third kappa shape index (κ3) is 4.07. The molecule has 24 heavy (non-hydrogen) atoms. The molecule has 2 aromatic carbocycles. The van der Waals surface area contributed by atoms with Gasteiger partial charge in [0.05, 0.1) is 17.4 Å². The predicted molar refractivity (Wildman–Crippen MR) is 101 cm³/mol. The molecule has 0 spiro atoms. The SMILES string of the molecule is CSc1ccc(CNC(=O)c2cnn(-c3ccc(Br)cc3)c2)cc1. The van der Waals surface area contributed by atoms with Crippen LogP contribution < -0.4 is 5.32 Å². The van der Waals surface area contributed by atoms with Crippen molar-refractivity contribution in [3.8, 4) is 5.69 Å². The lowest BCUT2D eigenvalue weighted by molar-refractivity contribution is 0.0951. The lowest BCUT2D eigenvalue weighted by atomic mass is 10.2. The number of halogens is 1. The number of benzene rings is 2. The first-order valence-corrected chi connectivity index (χ1v) is 9.39. The molecule has 0 bridgehead atoms.